The standard InChI is InChI=1S/C40H54ClN3O8S/c1-3-53(50,51)21-20-44(38(48)23-35(46)39(49)36(47)26-45)19-7-6-8-27(2)28-11-14-34(41)29(22-28)24-43-40(16-17-40)33-25-42-18-15-31(33)32-9-4-5-10-37(32)52-30-12-13-30/h4-5,9-11,14-15,18,22,25,27,30,35-36,39,43,45-47,49H,3,6-8,12-13,16-17,19-21,23-24,26H2,1-2H3/t27?,35?,36-,39?/m0/s1. The molecule has 0 bridgehead atoms. The molecule has 1 aromatic heterocycles. The Hall–Kier alpha value is -3.10. The number of para-hydroxylation sites is 1. The molecule has 0 aliphatic heterocycles. The summed E-state index contributed by atoms with van der Waals surface area (Å²) >= 11 is 6.73. The topological polar surface area (TPSA) is 170 Å². The third-order valence-electron chi connectivity index (χ3n) is 10.5. The van der Waals surface area contributed by atoms with Crippen LogP contribution in [0.25, 0.3) is 11.1 Å². The number of benzene rings is 2. The molecule has 13 heteroatoms. The number of halogens is 1. The van der Waals surface area contributed by atoms with Gasteiger partial charge in [0.05, 0.1) is 31.0 Å². The Morgan fingerprint density at radius 1 is 1.06 bits per heavy atom. The Morgan fingerprint density at radius 2 is 1.81 bits per heavy atom. The fourth-order valence-corrected chi connectivity index (χ4v) is 7.57. The number of aliphatic hydroxyl groups is 4. The van der Waals surface area contributed by atoms with Gasteiger partial charge in [0, 0.05) is 53.9 Å². The number of sulfone groups is 1. The van der Waals surface area contributed by atoms with Gasteiger partial charge in [-0.2, -0.15) is 0 Å². The summed E-state index contributed by atoms with van der Waals surface area (Å²) in [6, 6.07) is 16.4. The van der Waals surface area contributed by atoms with E-state index in [9.17, 15) is 28.5 Å². The number of hydrogen-bond donors (Lipinski definition) is 5. The van der Waals surface area contributed by atoms with Crippen molar-refractivity contribution in [2.24, 2.45) is 0 Å². The first-order valence-corrected chi connectivity index (χ1v) is 20.9. The van der Waals surface area contributed by atoms with Crippen molar-refractivity contribution in [1.29, 1.82) is 0 Å². The number of aromatic nitrogens is 1. The van der Waals surface area contributed by atoms with E-state index in [1.165, 1.54) is 4.90 Å². The number of pyridine rings is 1. The number of rotatable bonds is 22. The minimum atomic E-state index is -3.35. The molecule has 5 rings (SSSR count). The summed E-state index contributed by atoms with van der Waals surface area (Å²) in [6.45, 7) is 3.75. The fourth-order valence-electron chi connectivity index (χ4n) is 6.60. The second-order valence-corrected chi connectivity index (χ2v) is 17.4. The SMILES string of the molecule is CCS(=O)(=O)CCN(CCCCC(C)c1ccc(Cl)c(CNC2(c3cnccc3-c3ccccc3OC3CC3)CC2)c1)C(=O)CC(O)C(O)[C@@H](O)CO. The van der Waals surface area contributed by atoms with Crippen molar-refractivity contribution in [3.05, 3.63) is 82.6 Å². The zero-order valence-electron chi connectivity index (χ0n) is 30.7. The third-order valence-corrected chi connectivity index (χ3v) is 12.5. The lowest BCUT2D eigenvalue weighted by Gasteiger charge is -2.26. The van der Waals surface area contributed by atoms with Crippen molar-refractivity contribution in [2.75, 3.05) is 31.2 Å². The molecule has 5 N–H and O–H groups in total. The van der Waals surface area contributed by atoms with Crippen molar-refractivity contribution < 1.29 is 38.4 Å². The Kier molecular flexibility index (Phi) is 14.3. The number of ether oxygens (including phenoxy) is 1. The zero-order chi connectivity index (χ0) is 38.2. The third kappa shape index (κ3) is 11.2. The van der Waals surface area contributed by atoms with Gasteiger partial charge in [0.1, 0.15) is 18.0 Å². The molecule has 2 aromatic carbocycles. The van der Waals surface area contributed by atoms with Gasteiger partial charge in [-0.25, -0.2) is 8.42 Å². The molecule has 1 heterocycles. The number of aliphatic hydroxyl groups excluding tert-OH is 4. The van der Waals surface area contributed by atoms with Gasteiger partial charge < -0.3 is 35.4 Å². The molecular formula is C40H54ClN3O8S. The fraction of sp³-hybridized carbons (Fsp3) is 0.550. The van der Waals surface area contributed by atoms with Gasteiger partial charge in [0.15, 0.2) is 9.84 Å². The number of carbonyl (C=O) groups is 1. The first-order chi connectivity index (χ1) is 25.4. The van der Waals surface area contributed by atoms with Gasteiger partial charge in [0.25, 0.3) is 0 Å². The van der Waals surface area contributed by atoms with E-state index >= 15 is 0 Å². The van der Waals surface area contributed by atoms with Crippen LogP contribution in [0.2, 0.25) is 5.02 Å². The maximum absolute atomic E-state index is 13.1. The maximum atomic E-state index is 13.1. The second kappa shape index (κ2) is 18.5. The highest BCUT2D eigenvalue weighted by Crippen LogP contribution is 2.50. The molecule has 2 saturated carbocycles. The molecule has 3 unspecified atom stereocenters. The van der Waals surface area contributed by atoms with Gasteiger partial charge in [-0.05, 0) is 84.9 Å². The Balaban J connectivity index is 1.18. The average molecular weight is 772 g/mol. The summed E-state index contributed by atoms with van der Waals surface area (Å²) in [5.74, 6) is 0.302. The number of carbonyl (C=O) groups excluding carboxylic acids is 1. The van der Waals surface area contributed by atoms with Crippen LogP contribution >= 0.6 is 11.6 Å². The summed E-state index contributed by atoms with van der Waals surface area (Å²) < 4.78 is 30.7. The van der Waals surface area contributed by atoms with Crippen LogP contribution in [-0.2, 0) is 26.7 Å². The van der Waals surface area contributed by atoms with Gasteiger partial charge in [-0.1, -0.05) is 62.2 Å². The van der Waals surface area contributed by atoms with Crippen molar-refractivity contribution >= 4 is 27.3 Å². The van der Waals surface area contributed by atoms with Crippen LogP contribution in [0, 0.1) is 0 Å². The highest BCUT2D eigenvalue weighted by atomic mass is 35.5. The van der Waals surface area contributed by atoms with Gasteiger partial charge >= 0.3 is 0 Å². The molecule has 2 aliphatic rings. The van der Waals surface area contributed by atoms with Gasteiger partial charge in [0.2, 0.25) is 5.91 Å². The molecule has 1 amide bonds. The quantitative estimate of drug-likeness (QED) is 0.0902. The number of amides is 1. The highest BCUT2D eigenvalue weighted by molar-refractivity contribution is 7.91. The zero-order valence-corrected chi connectivity index (χ0v) is 32.2. The van der Waals surface area contributed by atoms with Gasteiger partial charge in [-0.3, -0.25) is 9.78 Å². The highest BCUT2D eigenvalue weighted by Gasteiger charge is 2.46. The van der Waals surface area contributed by atoms with Crippen molar-refractivity contribution in [1.82, 2.24) is 15.2 Å². The lowest BCUT2D eigenvalue weighted by Crippen LogP contribution is -2.44. The average Bonchev–Trinajstić information content (AvgIpc) is 4.11. The Morgan fingerprint density at radius 3 is 2.51 bits per heavy atom. The molecule has 4 atom stereocenters. The number of nitrogens with zero attached hydrogens (tertiary/aromatic N) is 2. The van der Waals surface area contributed by atoms with E-state index < -0.39 is 47.1 Å². The van der Waals surface area contributed by atoms with Crippen LogP contribution in [0.15, 0.2) is 60.9 Å². The van der Waals surface area contributed by atoms with E-state index in [0.717, 1.165) is 72.1 Å². The minimum absolute atomic E-state index is 0.0355. The van der Waals surface area contributed by atoms with Crippen LogP contribution in [0.3, 0.4) is 0 Å². The predicted molar refractivity (Wildman–Crippen MR) is 205 cm³/mol. The lowest BCUT2D eigenvalue weighted by atomic mass is 9.93. The molecule has 3 aromatic rings. The molecule has 290 valence electrons. The maximum Gasteiger partial charge on any atom is 0.225 e. The normalized spacial score (nSPS) is 17.5. The molecule has 0 radical (unpaired) electrons. The van der Waals surface area contributed by atoms with Gasteiger partial charge in [-0.15, -0.1) is 0 Å². The number of nitrogens with one attached hydrogen (secondary N) is 1. The Bertz CT molecular complexity index is 1780. The molecule has 2 fully saturated rings. The van der Waals surface area contributed by atoms with Crippen molar-refractivity contribution in [2.45, 2.75) is 108 Å². The van der Waals surface area contributed by atoms with Crippen molar-refractivity contribution in [3.63, 3.8) is 0 Å². The van der Waals surface area contributed by atoms with Crippen LogP contribution in [0.1, 0.15) is 87.8 Å². The minimum Gasteiger partial charge on any atom is -0.490 e. The van der Waals surface area contributed by atoms with Crippen LogP contribution in [0.4, 0.5) is 0 Å². The van der Waals surface area contributed by atoms with Crippen LogP contribution < -0.4 is 10.1 Å². The predicted octanol–water partition coefficient (Wildman–Crippen LogP) is 4.72. The molecule has 11 nitrogen and oxygen atoms in total. The van der Waals surface area contributed by atoms with E-state index in [2.05, 4.69) is 35.4 Å². The summed E-state index contributed by atoms with van der Waals surface area (Å²) in [4.78, 5) is 19.0. The van der Waals surface area contributed by atoms with Crippen molar-refractivity contribution in [3.8, 4) is 16.9 Å². The summed E-state index contributed by atoms with van der Waals surface area (Å²) in [5.41, 5.74) is 5.29. The Labute approximate surface area is 318 Å². The van der Waals surface area contributed by atoms with E-state index in [-0.39, 0.29) is 36.1 Å². The van der Waals surface area contributed by atoms with E-state index in [1.807, 2.05) is 42.7 Å². The number of unbranched alkanes of at least 4 members (excludes halogenated alkanes) is 1. The van der Waals surface area contributed by atoms with E-state index in [1.54, 1.807) is 6.92 Å². The molecule has 53 heavy (non-hydrogen) atoms. The summed E-state index contributed by atoms with van der Waals surface area (Å²) in [6.07, 6.45) is 5.01. The van der Waals surface area contributed by atoms with Crippen LogP contribution in [-0.4, -0.2) is 100 Å². The molecule has 0 spiro atoms. The molecular weight excluding hydrogens is 718 g/mol. The largest absolute Gasteiger partial charge is 0.490 e. The molecule has 2 aliphatic carbocycles. The van der Waals surface area contributed by atoms with E-state index in [4.69, 9.17) is 21.4 Å². The second-order valence-electron chi connectivity index (χ2n) is 14.5. The number of hydrogen-bond acceptors (Lipinski definition) is 10. The first kappa shape index (κ1) is 41.1. The lowest BCUT2D eigenvalue weighted by molar-refractivity contribution is -0.137. The first-order valence-electron chi connectivity index (χ1n) is 18.7. The summed E-state index contributed by atoms with van der Waals surface area (Å²) in [7, 11) is -3.35. The smallest absolute Gasteiger partial charge is 0.225 e. The summed E-state index contributed by atoms with van der Waals surface area (Å²) in [5, 5.41) is 43.5. The molecule has 0 saturated heterocycles. The van der Waals surface area contributed by atoms with Crippen LogP contribution in [0.5, 0.6) is 5.75 Å². The van der Waals surface area contributed by atoms with E-state index in [0.29, 0.717) is 24.1 Å². The monoisotopic (exact) mass is 771 g/mol.